The van der Waals surface area contributed by atoms with Gasteiger partial charge >= 0.3 is 0 Å². The van der Waals surface area contributed by atoms with E-state index in [9.17, 15) is 4.79 Å². The van der Waals surface area contributed by atoms with Gasteiger partial charge in [0.05, 0.1) is 0 Å². The molecule has 1 aliphatic rings. The Kier molecular flexibility index (Phi) is 3.01. The van der Waals surface area contributed by atoms with E-state index in [0.29, 0.717) is 16.2 Å². The second-order valence-corrected chi connectivity index (χ2v) is 4.57. The SMILES string of the molecule is O=Cc1nc(C2CCCCC2)[nH]c1Br. The molecule has 0 aromatic carbocycles. The summed E-state index contributed by atoms with van der Waals surface area (Å²) in [6.07, 6.45) is 7.06. The normalized spacial score (nSPS) is 18.4. The highest BCUT2D eigenvalue weighted by atomic mass is 79.9. The Morgan fingerprint density at radius 2 is 2.07 bits per heavy atom. The number of hydrogen-bond donors (Lipinski definition) is 1. The molecule has 1 fully saturated rings. The Bertz CT molecular complexity index is 329. The smallest absolute Gasteiger partial charge is 0.171 e. The summed E-state index contributed by atoms with van der Waals surface area (Å²) in [5.41, 5.74) is 0.491. The molecule has 0 amide bonds. The highest BCUT2D eigenvalue weighted by Gasteiger charge is 2.19. The topological polar surface area (TPSA) is 45.8 Å². The van der Waals surface area contributed by atoms with Gasteiger partial charge in [-0.05, 0) is 28.8 Å². The van der Waals surface area contributed by atoms with E-state index in [1.807, 2.05) is 0 Å². The van der Waals surface area contributed by atoms with Crippen molar-refractivity contribution in [3.05, 3.63) is 16.1 Å². The third kappa shape index (κ3) is 1.90. The van der Waals surface area contributed by atoms with E-state index in [0.717, 1.165) is 12.1 Å². The minimum atomic E-state index is 0.491. The van der Waals surface area contributed by atoms with Crippen LogP contribution < -0.4 is 0 Å². The number of carbonyl (C=O) groups is 1. The monoisotopic (exact) mass is 256 g/mol. The largest absolute Gasteiger partial charge is 0.336 e. The summed E-state index contributed by atoms with van der Waals surface area (Å²) < 4.78 is 0.716. The average Bonchev–Trinajstić information content (AvgIpc) is 2.61. The predicted molar refractivity (Wildman–Crippen MR) is 57.5 cm³/mol. The van der Waals surface area contributed by atoms with E-state index in [2.05, 4.69) is 25.9 Å². The average molecular weight is 257 g/mol. The first-order valence-corrected chi connectivity index (χ1v) is 5.81. The van der Waals surface area contributed by atoms with Crippen LogP contribution in [0.25, 0.3) is 0 Å². The minimum absolute atomic E-state index is 0.491. The van der Waals surface area contributed by atoms with Gasteiger partial charge in [0.2, 0.25) is 0 Å². The van der Waals surface area contributed by atoms with Gasteiger partial charge in [0.1, 0.15) is 16.1 Å². The molecule has 0 atom stereocenters. The van der Waals surface area contributed by atoms with E-state index in [1.54, 1.807) is 0 Å². The summed E-state index contributed by atoms with van der Waals surface area (Å²) in [5, 5.41) is 0. The maximum atomic E-state index is 10.6. The van der Waals surface area contributed by atoms with Crippen LogP contribution in [0.15, 0.2) is 4.60 Å². The van der Waals surface area contributed by atoms with Crippen molar-refractivity contribution in [1.29, 1.82) is 0 Å². The summed E-state index contributed by atoms with van der Waals surface area (Å²) in [6.45, 7) is 0. The van der Waals surface area contributed by atoms with Crippen LogP contribution in [0, 0.1) is 0 Å². The summed E-state index contributed by atoms with van der Waals surface area (Å²) in [6, 6.07) is 0. The highest BCUT2D eigenvalue weighted by Crippen LogP contribution is 2.31. The van der Waals surface area contributed by atoms with Crippen molar-refractivity contribution in [3.8, 4) is 0 Å². The third-order valence-electron chi connectivity index (χ3n) is 2.81. The molecule has 1 saturated carbocycles. The van der Waals surface area contributed by atoms with E-state index in [-0.39, 0.29) is 0 Å². The number of imidazole rings is 1. The van der Waals surface area contributed by atoms with Crippen molar-refractivity contribution in [3.63, 3.8) is 0 Å². The summed E-state index contributed by atoms with van der Waals surface area (Å²) in [7, 11) is 0. The van der Waals surface area contributed by atoms with Gasteiger partial charge in [0, 0.05) is 5.92 Å². The van der Waals surface area contributed by atoms with Gasteiger partial charge in [-0.25, -0.2) is 4.98 Å². The number of rotatable bonds is 2. The lowest BCUT2D eigenvalue weighted by Crippen LogP contribution is -2.06. The molecule has 0 bridgehead atoms. The van der Waals surface area contributed by atoms with Gasteiger partial charge in [0.15, 0.2) is 6.29 Å². The molecule has 0 saturated heterocycles. The second kappa shape index (κ2) is 4.26. The fraction of sp³-hybridized carbons (Fsp3) is 0.600. The fourth-order valence-electron chi connectivity index (χ4n) is 2.03. The number of carbonyl (C=O) groups excluding carboxylic acids is 1. The number of H-pyrrole nitrogens is 1. The second-order valence-electron chi connectivity index (χ2n) is 3.77. The van der Waals surface area contributed by atoms with Gasteiger partial charge in [-0.1, -0.05) is 19.3 Å². The van der Waals surface area contributed by atoms with E-state index in [1.165, 1.54) is 32.1 Å². The van der Waals surface area contributed by atoms with Crippen LogP contribution in [-0.2, 0) is 0 Å². The van der Waals surface area contributed by atoms with Crippen LogP contribution in [0.4, 0.5) is 0 Å². The van der Waals surface area contributed by atoms with E-state index < -0.39 is 0 Å². The van der Waals surface area contributed by atoms with Crippen LogP contribution in [0.5, 0.6) is 0 Å². The van der Waals surface area contributed by atoms with Crippen LogP contribution in [0.3, 0.4) is 0 Å². The summed E-state index contributed by atoms with van der Waals surface area (Å²) in [4.78, 5) is 18.0. The van der Waals surface area contributed by atoms with Gasteiger partial charge in [-0.15, -0.1) is 0 Å². The lowest BCUT2D eigenvalue weighted by atomic mass is 9.89. The van der Waals surface area contributed by atoms with Gasteiger partial charge in [-0.2, -0.15) is 0 Å². The zero-order valence-electron chi connectivity index (χ0n) is 7.92. The summed E-state index contributed by atoms with van der Waals surface area (Å²) >= 11 is 3.29. The molecule has 3 nitrogen and oxygen atoms in total. The first kappa shape index (κ1) is 9.90. The Hall–Kier alpha value is -0.640. The van der Waals surface area contributed by atoms with Crippen LogP contribution >= 0.6 is 15.9 Å². The molecule has 14 heavy (non-hydrogen) atoms. The summed E-state index contributed by atoms with van der Waals surface area (Å²) in [5.74, 6) is 1.49. The van der Waals surface area contributed by atoms with Gasteiger partial charge in [0.25, 0.3) is 0 Å². The first-order chi connectivity index (χ1) is 6.81. The maximum Gasteiger partial charge on any atom is 0.171 e. The van der Waals surface area contributed by atoms with E-state index >= 15 is 0 Å². The molecule has 0 aliphatic heterocycles. The standard InChI is InChI=1S/C10H13BrN2O/c11-9-8(6-14)12-10(13-9)7-4-2-1-3-5-7/h6-7H,1-5H2,(H,12,13). The number of aromatic amines is 1. The molecule has 1 aromatic rings. The number of nitrogens with one attached hydrogen (secondary N) is 1. The zero-order valence-corrected chi connectivity index (χ0v) is 9.51. The first-order valence-electron chi connectivity index (χ1n) is 5.02. The Balaban J connectivity index is 2.18. The lowest BCUT2D eigenvalue weighted by Gasteiger charge is -2.18. The molecule has 2 rings (SSSR count). The van der Waals surface area contributed by atoms with Crippen molar-refractivity contribution < 1.29 is 4.79 Å². The van der Waals surface area contributed by atoms with E-state index in [4.69, 9.17) is 0 Å². The Morgan fingerprint density at radius 3 is 2.64 bits per heavy atom. The van der Waals surface area contributed by atoms with Crippen LogP contribution in [-0.4, -0.2) is 16.3 Å². The molecular weight excluding hydrogens is 244 g/mol. The fourth-order valence-corrected chi connectivity index (χ4v) is 2.42. The van der Waals surface area contributed by atoms with Crippen molar-refractivity contribution in [2.45, 2.75) is 38.0 Å². The van der Waals surface area contributed by atoms with Crippen molar-refractivity contribution in [1.82, 2.24) is 9.97 Å². The number of aromatic nitrogens is 2. The predicted octanol–water partition coefficient (Wildman–Crippen LogP) is 3.03. The molecule has 0 spiro atoms. The maximum absolute atomic E-state index is 10.6. The number of nitrogens with zero attached hydrogens (tertiary/aromatic N) is 1. The number of hydrogen-bond acceptors (Lipinski definition) is 2. The third-order valence-corrected chi connectivity index (χ3v) is 3.41. The molecule has 4 heteroatoms. The number of aldehydes is 1. The van der Waals surface area contributed by atoms with Gasteiger partial charge < -0.3 is 4.98 Å². The molecule has 0 unspecified atom stereocenters. The molecular formula is C10H13BrN2O. The van der Waals surface area contributed by atoms with Gasteiger partial charge in [-0.3, -0.25) is 4.79 Å². The zero-order chi connectivity index (χ0) is 9.97. The van der Waals surface area contributed by atoms with Crippen LogP contribution in [0.1, 0.15) is 54.3 Å². The molecule has 1 N–H and O–H groups in total. The molecule has 1 heterocycles. The molecule has 0 radical (unpaired) electrons. The quantitative estimate of drug-likeness (QED) is 0.827. The Labute approximate surface area is 91.4 Å². The minimum Gasteiger partial charge on any atom is -0.336 e. The molecule has 76 valence electrons. The lowest BCUT2D eigenvalue weighted by molar-refractivity contribution is 0.111. The highest BCUT2D eigenvalue weighted by molar-refractivity contribution is 9.10. The van der Waals surface area contributed by atoms with Crippen molar-refractivity contribution >= 4 is 22.2 Å². The molecule has 1 aromatic heterocycles. The van der Waals surface area contributed by atoms with Crippen LogP contribution in [0.2, 0.25) is 0 Å². The van der Waals surface area contributed by atoms with Crippen molar-refractivity contribution in [2.24, 2.45) is 0 Å². The number of halogens is 1. The Morgan fingerprint density at radius 1 is 1.36 bits per heavy atom. The van der Waals surface area contributed by atoms with Crippen molar-refractivity contribution in [2.75, 3.05) is 0 Å². The molecule has 1 aliphatic carbocycles.